The maximum atomic E-state index is 12.6. The van der Waals surface area contributed by atoms with Crippen molar-refractivity contribution >= 4 is 34.4 Å². The predicted molar refractivity (Wildman–Crippen MR) is 99.7 cm³/mol. The Morgan fingerprint density at radius 2 is 2.24 bits per heavy atom. The van der Waals surface area contributed by atoms with E-state index >= 15 is 0 Å². The molecule has 2 aliphatic rings. The van der Waals surface area contributed by atoms with Gasteiger partial charge in [-0.3, -0.25) is 9.69 Å². The minimum absolute atomic E-state index is 0.0807. The van der Waals surface area contributed by atoms with Crippen LogP contribution in [0.5, 0.6) is 0 Å². The second-order valence-corrected chi connectivity index (χ2v) is 7.67. The summed E-state index contributed by atoms with van der Waals surface area (Å²) in [5.74, 6) is -0.348. The Morgan fingerprint density at radius 1 is 1.48 bits per heavy atom. The molecule has 0 saturated carbocycles. The zero-order chi connectivity index (χ0) is 18.0. The van der Waals surface area contributed by atoms with Crippen molar-refractivity contribution in [2.45, 2.75) is 24.3 Å². The topological polar surface area (TPSA) is 58.6 Å². The maximum Gasteiger partial charge on any atom is 0.327 e. The molecule has 1 N–H and O–H groups in total. The lowest BCUT2D eigenvalue weighted by Gasteiger charge is -2.41. The number of piperidine rings is 1. The number of methoxy groups -OCH3 is 1. The molecule has 1 aromatic carbocycles. The first-order valence-corrected chi connectivity index (χ1v) is 9.51. The summed E-state index contributed by atoms with van der Waals surface area (Å²) in [4.78, 5) is 26.5. The molecule has 134 valence electrons. The first-order valence-electron chi connectivity index (χ1n) is 8.26. The Kier molecular flexibility index (Phi) is 5.84. The van der Waals surface area contributed by atoms with Crippen LogP contribution in [0.15, 0.2) is 35.9 Å². The Hall–Kier alpha value is -1.34. The molecule has 1 fully saturated rings. The van der Waals surface area contributed by atoms with Gasteiger partial charge in [-0.05, 0) is 29.8 Å². The Labute approximate surface area is 156 Å². The lowest BCUT2D eigenvalue weighted by Crippen LogP contribution is -2.54. The van der Waals surface area contributed by atoms with Crippen LogP contribution in [0.1, 0.15) is 18.5 Å². The molecule has 0 amide bonds. The van der Waals surface area contributed by atoms with Gasteiger partial charge in [0.15, 0.2) is 0 Å². The highest BCUT2D eigenvalue weighted by molar-refractivity contribution is 8.15. The molecule has 0 radical (unpaired) electrons. The van der Waals surface area contributed by atoms with Crippen LogP contribution in [0.25, 0.3) is 0 Å². The van der Waals surface area contributed by atoms with Crippen molar-refractivity contribution in [3.8, 4) is 0 Å². The van der Waals surface area contributed by atoms with Crippen molar-refractivity contribution in [3.63, 3.8) is 0 Å². The van der Waals surface area contributed by atoms with Crippen molar-refractivity contribution in [3.05, 3.63) is 46.5 Å². The predicted octanol–water partition coefficient (Wildman–Crippen LogP) is 2.42. The normalized spacial score (nSPS) is 24.6. The largest absolute Gasteiger partial charge is 0.468 e. The minimum Gasteiger partial charge on any atom is -0.468 e. The van der Waals surface area contributed by atoms with Crippen molar-refractivity contribution in [2.75, 3.05) is 26.7 Å². The standard InChI is InChI=1S/C18H21ClN2O3S/c1-3-20-14-10-21(9-11-8-15(22)25-17(11)14)16(18(23)24-2)12-6-4-5-7-13(12)19/h4-8,14,16-17,20H,3,9-10H2,1-2H3. The highest BCUT2D eigenvalue weighted by Crippen LogP contribution is 2.38. The van der Waals surface area contributed by atoms with E-state index in [9.17, 15) is 9.59 Å². The van der Waals surface area contributed by atoms with Gasteiger partial charge in [-0.1, -0.05) is 48.5 Å². The summed E-state index contributed by atoms with van der Waals surface area (Å²) in [5.41, 5.74) is 1.77. The van der Waals surface area contributed by atoms with Gasteiger partial charge in [0.25, 0.3) is 0 Å². The number of carbonyl (C=O) groups excluding carboxylic acids is 2. The van der Waals surface area contributed by atoms with E-state index in [4.69, 9.17) is 16.3 Å². The molecule has 0 spiro atoms. The van der Waals surface area contributed by atoms with Gasteiger partial charge in [-0.2, -0.15) is 0 Å². The number of thioether (sulfide) groups is 1. The number of esters is 1. The van der Waals surface area contributed by atoms with Crippen LogP contribution in [-0.2, 0) is 14.3 Å². The van der Waals surface area contributed by atoms with Crippen molar-refractivity contribution < 1.29 is 14.3 Å². The summed E-state index contributed by atoms with van der Waals surface area (Å²) < 4.78 is 5.05. The number of hydrogen-bond acceptors (Lipinski definition) is 6. The summed E-state index contributed by atoms with van der Waals surface area (Å²) in [6, 6.07) is 6.82. The number of likely N-dealkylation sites (tertiary alicyclic amines) is 1. The second-order valence-electron chi connectivity index (χ2n) is 6.12. The Bertz CT molecular complexity index is 709. The van der Waals surface area contributed by atoms with Gasteiger partial charge >= 0.3 is 5.97 Å². The number of ether oxygens (including phenoxy) is 1. The number of benzene rings is 1. The summed E-state index contributed by atoms with van der Waals surface area (Å²) in [6.45, 7) is 4.03. The summed E-state index contributed by atoms with van der Waals surface area (Å²) >= 11 is 7.71. The van der Waals surface area contributed by atoms with E-state index in [-0.39, 0.29) is 22.4 Å². The van der Waals surface area contributed by atoms with E-state index in [1.807, 2.05) is 30.0 Å². The van der Waals surface area contributed by atoms with Crippen LogP contribution < -0.4 is 5.32 Å². The highest BCUT2D eigenvalue weighted by Gasteiger charge is 2.42. The Morgan fingerprint density at radius 3 is 2.92 bits per heavy atom. The summed E-state index contributed by atoms with van der Waals surface area (Å²) in [6.07, 6.45) is 1.70. The van der Waals surface area contributed by atoms with Crippen LogP contribution >= 0.6 is 23.4 Å². The molecule has 0 aromatic heterocycles. The van der Waals surface area contributed by atoms with Gasteiger partial charge in [0, 0.05) is 24.2 Å². The molecule has 2 aliphatic heterocycles. The minimum atomic E-state index is -0.595. The highest BCUT2D eigenvalue weighted by atomic mass is 35.5. The van der Waals surface area contributed by atoms with E-state index in [0.29, 0.717) is 18.1 Å². The SMILES string of the molecule is CCNC1CN(C(C(=O)OC)c2ccccc2Cl)CC2=CC(=O)SC21. The summed E-state index contributed by atoms with van der Waals surface area (Å²) in [5, 5.41) is 4.19. The van der Waals surface area contributed by atoms with Crippen LogP contribution in [0, 0.1) is 0 Å². The van der Waals surface area contributed by atoms with Crippen LogP contribution in [0.2, 0.25) is 5.02 Å². The number of hydrogen-bond donors (Lipinski definition) is 1. The van der Waals surface area contributed by atoms with Gasteiger partial charge in [-0.25, -0.2) is 4.79 Å². The number of halogens is 1. The third kappa shape index (κ3) is 3.77. The van der Waals surface area contributed by atoms with E-state index < -0.39 is 6.04 Å². The first-order chi connectivity index (χ1) is 12.0. The fourth-order valence-electron chi connectivity index (χ4n) is 3.50. The molecule has 7 heteroatoms. The molecule has 2 heterocycles. The van der Waals surface area contributed by atoms with E-state index in [1.165, 1.54) is 18.9 Å². The average molecular weight is 381 g/mol. The molecular weight excluding hydrogens is 360 g/mol. The number of nitrogens with zero attached hydrogens (tertiary/aromatic N) is 1. The van der Waals surface area contributed by atoms with Gasteiger partial charge in [-0.15, -0.1) is 0 Å². The monoisotopic (exact) mass is 380 g/mol. The second kappa shape index (κ2) is 7.91. The number of likely N-dealkylation sites (N-methyl/N-ethyl adjacent to an activating group) is 1. The molecular formula is C18H21ClN2O3S. The van der Waals surface area contributed by atoms with Crippen molar-refractivity contribution in [1.82, 2.24) is 10.2 Å². The molecule has 1 aromatic rings. The molecule has 25 heavy (non-hydrogen) atoms. The van der Waals surface area contributed by atoms with Crippen molar-refractivity contribution in [2.24, 2.45) is 0 Å². The molecule has 0 aliphatic carbocycles. The average Bonchev–Trinajstić information content (AvgIpc) is 2.97. The van der Waals surface area contributed by atoms with E-state index in [0.717, 1.165) is 17.7 Å². The molecule has 3 unspecified atom stereocenters. The number of fused-ring (bicyclic) bond motifs is 1. The van der Waals surface area contributed by atoms with E-state index in [1.54, 1.807) is 12.1 Å². The maximum absolute atomic E-state index is 12.6. The quantitative estimate of drug-likeness (QED) is 0.792. The van der Waals surface area contributed by atoms with Gasteiger partial charge in [0.1, 0.15) is 6.04 Å². The molecule has 1 saturated heterocycles. The van der Waals surface area contributed by atoms with Gasteiger partial charge < -0.3 is 10.1 Å². The van der Waals surface area contributed by atoms with Crippen LogP contribution in [0.3, 0.4) is 0 Å². The third-order valence-corrected chi connectivity index (χ3v) is 6.13. The zero-order valence-corrected chi connectivity index (χ0v) is 15.8. The van der Waals surface area contributed by atoms with Crippen LogP contribution in [0.4, 0.5) is 0 Å². The summed E-state index contributed by atoms with van der Waals surface area (Å²) in [7, 11) is 1.38. The van der Waals surface area contributed by atoms with Crippen molar-refractivity contribution in [1.29, 1.82) is 0 Å². The fraction of sp³-hybridized carbons (Fsp3) is 0.444. The van der Waals surface area contributed by atoms with Gasteiger partial charge in [0.05, 0.1) is 12.4 Å². The fourth-order valence-corrected chi connectivity index (χ4v) is 4.85. The lowest BCUT2D eigenvalue weighted by molar-refractivity contribution is -0.147. The smallest absolute Gasteiger partial charge is 0.327 e. The number of nitrogens with one attached hydrogen (secondary N) is 1. The zero-order valence-electron chi connectivity index (χ0n) is 14.2. The van der Waals surface area contributed by atoms with Gasteiger partial charge in [0.2, 0.25) is 5.12 Å². The molecule has 3 atom stereocenters. The third-order valence-electron chi connectivity index (χ3n) is 4.55. The lowest BCUT2D eigenvalue weighted by atomic mass is 9.95. The molecule has 3 rings (SSSR count). The number of rotatable bonds is 5. The number of carbonyl (C=O) groups is 2. The van der Waals surface area contributed by atoms with Crippen LogP contribution in [-0.4, -0.2) is 54.0 Å². The van der Waals surface area contributed by atoms with E-state index in [2.05, 4.69) is 5.32 Å². The molecule has 5 nitrogen and oxygen atoms in total. The first kappa shape index (κ1) is 18.5. The Balaban J connectivity index is 1.95. The molecule has 0 bridgehead atoms.